The van der Waals surface area contributed by atoms with E-state index in [0.717, 1.165) is 5.69 Å². The summed E-state index contributed by atoms with van der Waals surface area (Å²) in [6.45, 7) is 1.85. The van der Waals surface area contributed by atoms with Crippen molar-refractivity contribution in [1.82, 2.24) is 9.97 Å². The Bertz CT molecular complexity index is 566. The van der Waals surface area contributed by atoms with Crippen LogP contribution in [0, 0.1) is 6.92 Å². The smallest absolute Gasteiger partial charge is 0.371 e. The third-order valence-corrected chi connectivity index (χ3v) is 2.63. The fourth-order valence-corrected chi connectivity index (χ4v) is 1.77. The van der Waals surface area contributed by atoms with E-state index < -0.39 is 5.97 Å². The first kappa shape index (κ1) is 11.7. The molecule has 0 radical (unpaired) electrons. The van der Waals surface area contributed by atoms with Gasteiger partial charge in [-0.25, -0.2) is 14.8 Å². The first-order valence-electron chi connectivity index (χ1n) is 4.83. The minimum atomic E-state index is -1.09. The Morgan fingerprint density at radius 2 is 2.18 bits per heavy atom. The minimum absolute atomic E-state index is 0.0954. The van der Waals surface area contributed by atoms with Crippen LogP contribution in [0.5, 0.6) is 0 Å². The van der Waals surface area contributed by atoms with Gasteiger partial charge in [0.2, 0.25) is 5.76 Å². The van der Waals surface area contributed by atoms with Crippen molar-refractivity contribution in [1.29, 1.82) is 0 Å². The topological polar surface area (TPSA) is 76.2 Å². The quantitative estimate of drug-likeness (QED) is 0.666. The molecule has 0 aliphatic rings. The molecule has 2 aromatic rings. The van der Waals surface area contributed by atoms with Crippen molar-refractivity contribution in [2.75, 3.05) is 6.26 Å². The zero-order valence-corrected chi connectivity index (χ0v) is 10.1. The van der Waals surface area contributed by atoms with Crippen molar-refractivity contribution < 1.29 is 14.3 Å². The highest BCUT2D eigenvalue weighted by molar-refractivity contribution is 7.98. The molecular weight excluding hydrogens is 240 g/mol. The fraction of sp³-hybridized carbons (Fsp3) is 0.182. The van der Waals surface area contributed by atoms with Crippen LogP contribution in [0.2, 0.25) is 0 Å². The summed E-state index contributed by atoms with van der Waals surface area (Å²) in [5.41, 5.74) is 1.40. The maximum absolute atomic E-state index is 10.7. The number of thioether (sulfide) groups is 1. The Morgan fingerprint density at radius 1 is 1.41 bits per heavy atom. The second-order valence-corrected chi connectivity index (χ2v) is 4.12. The molecule has 0 spiro atoms. The summed E-state index contributed by atoms with van der Waals surface area (Å²) < 4.78 is 5.19. The summed E-state index contributed by atoms with van der Waals surface area (Å²) in [7, 11) is 0. The normalized spacial score (nSPS) is 10.5. The zero-order valence-electron chi connectivity index (χ0n) is 9.30. The van der Waals surface area contributed by atoms with Crippen LogP contribution >= 0.6 is 11.8 Å². The molecule has 2 aromatic heterocycles. The molecule has 2 rings (SSSR count). The largest absolute Gasteiger partial charge is 0.475 e. The lowest BCUT2D eigenvalue weighted by atomic mass is 10.3. The van der Waals surface area contributed by atoms with Gasteiger partial charge in [0.05, 0.1) is 0 Å². The van der Waals surface area contributed by atoms with Crippen LogP contribution in [0.1, 0.15) is 16.2 Å². The Morgan fingerprint density at radius 3 is 2.76 bits per heavy atom. The molecule has 0 unspecified atom stereocenters. The van der Waals surface area contributed by atoms with Gasteiger partial charge in [-0.3, -0.25) is 0 Å². The number of furan rings is 1. The summed E-state index contributed by atoms with van der Waals surface area (Å²) in [6, 6.07) is 4.76. The Hall–Kier alpha value is -1.82. The summed E-state index contributed by atoms with van der Waals surface area (Å²) >= 11 is 1.42. The summed E-state index contributed by atoms with van der Waals surface area (Å²) in [5, 5.41) is 9.40. The van der Waals surface area contributed by atoms with Gasteiger partial charge in [-0.1, -0.05) is 11.8 Å². The number of hydrogen-bond acceptors (Lipinski definition) is 5. The first-order chi connectivity index (χ1) is 8.10. The number of nitrogens with zero attached hydrogens (tertiary/aromatic N) is 2. The predicted octanol–water partition coefficient (Wildman–Crippen LogP) is 2.47. The first-order valence-corrected chi connectivity index (χ1v) is 6.06. The molecule has 0 aliphatic carbocycles. The number of carboxylic acids is 1. The molecule has 5 nitrogen and oxygen atoms in total. The van der Waals surface area contributed by atoms with E-state index in [-0.39, 0.29) is 5.76 Å². The van der Waals surface area contributed by atoms with Gasteiger partial charge in [0.1, 0.15) is 5.69 Å². The molecule has 0 atom stereocenters. The lowest BCUT2D eigenvalue weighted by molar-refractivity contribution is 0.0663. The minimum Gasteiger partial charge on any atom is -0.475 e. The summed E-state index contributed by atoms with van der Waals surface area (Å²) in [4.78, 5) is 19.2. The number of aromatic nitrogens is 2. The van der Waals surface area contributed by atoms with E-state index in [0.29, 0.717) is 16.6 Å². The predicted molar refractivity (Wildman–Crippen MR) is 63.2 cm³/mol. The lowest BCUT2D eigenvalue weighted by Gasteiger charge is -2.01. The Kier molecular flexibility index (Phi) is 3.14. The maximum Gasteiger partial charge on any atom is 0.371 e. The third-order valence-electron chi connectivity index (χ3n) is 2.09. The molecule has 0 bridgehead atoms. The second-order valence-electron chi connectivity index (χ2n) is 3.35. The van der Waals surface area contributed by atoms with Gasteiger partial charge in [0.25, 0.3) is 0 Å². The molecule has 88 valence electrons. The monoisotopic (exact) mass is 250 g/mol. The van der Waals surface area contributed by atoms with Crippen LogP contribution in [0.3, 0.4) is 0 Å². The van der Waals surface area contributed by atoms with Crippen molar-refractivity contribution in [3.05, 3.63) is 29.7 Å². The van der Waals surface area contributed by atoms with E-state index >= 15 is 0 Å². The molecule has 0 fully saturated rings. The molecule has 0 aromatic carbocycles. The number of aryl methyl sites for hydroxylation is 1. The van der Waals surface area contributed by atoms with E-state index in [1.54, 1.807) is 12.1 Å². The molecular formula is C11H10N2O3S. The number of hydrogen-bond donors (Lipinski definition) is 1. The highest BCUT2D eigenvalue weighted by atomic mass is 32.2. The van der Waals surface area contributed by atoms with Gasteiger partial charge in [-0.15, -0.1) is 0 Å². The Labute approximate surface area is 102 Å². The zero-order chi connectivity index (χ0) is 12.4. The van der Waals surface area contributed by atoms with Crippen molar-refractivity contribution in [2.24, 2.45) is 0 Å². The lowest BCUT2D eigenvalue weighted by Crippen LogP contribution is -1.93. The van der Waals surface area contributed by atoms with E-state index in [4.69, 9.17) is 9.52 Å². The third kappa shape index (κ3) is 2.47. The van der Waals surface area contributed by atoms with E-state index in [1.807, 2.05) is 13.2 Å². The highest BCUT2D eigenvalue weighted by Gasteiger charge is 2.12. The number of aromatic carboxylic acids is 1. The average molecular weight is 250 g/mol. The average Bonchev–Trinajstić information content (AvgIpc) is 2.77. The van der Waals surface area contributed by atoms with Gasteiger partial charge in [-0.05, 0) is 31.4 Å². The molecule has 1 N–H and O–H groups in total. The van der Waals surface area contributed by atoms with Crippen molar-refractivity contribution in [3.63, 3.8) is 0 Å². The highest BCUT2D eigenvalue weighted by Crippen LogP contribution is 2.22. The van der Waals surface area contributed by atoms with Crippen LogP contribution in [0.15, 0.2) is 27.8 Å². The van der Waals surface area contributed by atoms with Crippen LogP contribution in [0.4, 0.5) is 0 Å². The van der Waals surface area contributed by atoms with Crippen molar-refractivity contribution in [2.45, 2.75) is 12.1 Å². The van der Waals surface area contributed by atoms with E-state index in [2.05, 4.69) is 9.97 Å². The SMILES string of the molecule is CSc1nc(C)cc(-c2ccc(C(=O)O)o2)n1. The summed E-state index contributed by atoms with van der Waals surface area (Å²) in [5.74, 6) is -0.753. The van der Waals surface area contributed by atoms with Crippen LogP contribution in [-0.2, 0) is 0 Å². The molecule has 2 heterocycles. The molecule has 0 saturated heterocycles. The molecule has 0 aliphatic heterocycles. The van der Waals surface area contributed by atoms with Gasteiger partial charge in [0, 0.05) is 5.69 Å². The molecule has 0 amide bonds. The number of carbonyl (C=O) groups is 1. The molecule has 6 heteroatoms. The van der Waals surface area contributed by atoms with Crippen molar-refractivity contribution >= 4 is 17.7 Å². The van der Waals surface area contributed by atoms with Crippen LogP contribution < -0.4 is 0 Å². The Balaban J connectivity index is 2.44. The van der Waals surface area contributed by atoms with Crippen LogP contribution in [-0.4, -0.2) is 27.3 Å². The summed E-state index contributed by atoms with van der Waals surface area (Å²) in [6.07, 6.45) is 1.88. The van der Waals surface area contributed by atoms with Gasteiger partial charge in [-0.2, -0.15) is 0 Å². The van der Waals surface area contributed by atoms with Gasteiger partial charge >= 0.3 is 5.97 Å². The fourth-order valence-electron chi connectivity index (χ4n) is 1.35. The molecule has 17 heavy (non-hydrogen) atoms. The van der Waals surface area contributed by atoms with E-state index in [1.165, 1.54) is 17.8 Å². The van der Waals surface area contributed by atoms with E-state index in [9.17, 15) is 4.79 Å². The van der Waals surface area contributed by atoms with Crippen LogP contribution in [0.25, 0.3) is 11.5 Å². The number of rotatable bonds is 3. The standard InChI is InChI=1S/C11H10N2O3S/c1-6-5-7(13-11(12-6)17-2)8-3-4-9(16-8)10(14)15/h3-5H,1-2H3,(H,14,15). The van der Waals surface area contributed by atoms with Gasteiger partial charge < -0.3 is 9.52 Å². The maximum atomic E-state index is 10.7. The number of carboxylic acid groups (broad SMARTS) is 1. The molecule has 0 saturated carbocycles. The second kappa shape index (κ2) is 4.58. The van der Waals surface area contributed by atoms with Gasteiger partial charge in [0.15, 0.2) is 10.9 Å². The van der Waals surface area contributed by atoms with Crippen molar-refractivity contribution in [3.8, 4) is 11.5 Å².